The summed E-state index contributed by atoms with van der Waals surface area (Å²) in [6.07, 6.45) is 1.75. The maximum Gasteiger partial charge on any atom is 0.151 e. The molecule has 1 aromatic heterocycles. The van der Waals surface area contributed by atoms with E-state index < -0.39 is 0 Å². The van der Waals surface area contributed by atoms with Crippen LogP contribution in [0.25, 0.3) is 11.0 Å². The fourth-order valence-electron chi connectivity index (χ4n) is 1.81. The number of furan rings is 1. The highest BCUT2D eigenvalue weighted by molar-refractivity contribution is 6.02. The van der Waals surface area contributed by atoms with E-state index in [1.807, 2.05) is 26.0 Å². The largest absolute Gasteiger partial charge is 0.507 e. The summed E-state index contributed by atoms with van der Waals surface area (Å²) < 4.78 is 5.74. The zero-order valence-electron chi connectivity index (χ0n) is 11.5. The molecule has 0 aliphatic rings. The predicted octanol–water partition coefficient (Wildman–Crippen LogP) is 4.12. The zero-order valence-corrected chi connectivity index (χ0v) is 11.5. The number of aromatic hydroxyl groups is 1. The number of rotatable bonds is 4. The standard InChI is InChI=1S/C15H18N2O2/c1-4-6-12(17-16-10(2)3)15-9-11-13(18)7-5-8-14(11)19-15/h5,7-9,18H,4,6H2,1-3H3/b17-12+. The van der Waals surface area contributed by atoms with Gasteiger partial charge in [-0.15, -0.1) is 0 Å². The number of hydrogen-bond donors (Lipinski definition) is 1. The summed E-state index contributed by atoms with van der Waals surface area (Å²) in [4.78, 5) is 0. The van der Waals surface area contributed by atoms with E-state index in [2.05, 4.69) is 17.1 Å². The Morgan fingerprint density at radius 1 is 1.26 bits per heavy atom. The molecule has 0 fully saturated rings. The van der Waals surface area contributed by atoms with Crippen LogP contribution in [0.4, 0.5) is 0 Å². The first-order valence-electron chi connectivity index (χ1n) is 6.41. The lowest BCUT2D eigenvalue weighted by atomic mass is 10.1. The minimum atomic E-state index is 0.221. The molecule has 0 saturated heterocycles. The van der Waals surface area contributed by atoms with Crippen molar-refractivity contribution in [3.05, 3.63) is 30.0 Å². The van der Waals surface area contributed by atoms with Crippen molar-refractivity contribution in [1.82, 2.24) is 0 Å². The second-order valence-corrected chi connectivity index (χ2v) is 4.64. The Labute approximate surface area is 112 Å². The molecule has 100 valence electrons. The van der Waals surface area contributed by atoms with Crippen molar-refractivity contribution in [1.29, 1.82) is 0 Å². The van der Waals surface area contributed by atoms with Gasteiger partial charge in [0, 0.05) is 5.71 Å². The lowest BCUT2D eigenvalue weighted by Gasteiger charge is -1.98. The number of phenolic OH excluding ortho intramolecular Hbond substituents is 1. The van der Waals surface area contributed by atoms with Crippen LogP contribution in [0, 0.1) is 0 Å². The summed E-state index contributed by atoms with van der Waals surface area (Å²) in [7, 11) is 0. The van der Waals surface area contributed by atoms with Crippen molar-refractivity contribution < 1.29 is 9.52 Å². The first kappa shape index (κ1) is 13.3. The van der Waals surface area contributed by atoms with Crippen LogP contribution in [0.3, 0.4) is 0 Å². The van der Waals surface area contributed by atoms with E-state index in [4.69, 9.17) is 4.42 Å². The summed E-state index contributed by atoms with van der Waals surface area (Å²) in [6, 6.07) is 7.05. The minimum Gasteiger partial charge on any atom is -0.507 e. The van der Waals surface area contributed by atoms with Crippen LogP contribution in [0.1, 0.15) is 39.4 Å². The van der Waals surface area contributed by atoms with Gasteiger partial charge in [0.1, 0.15) is 17.0 Å². The van der Waals surface area contributed by atoms with Crippen molar-refractivity contribution >= 4 is 22.4 Å². The molecule has 0 atom stereocenters. The van der Waals surface area contributed by atoms with Gasteiger partial charge in [0.25, 0.3) is 0 Å². The lowest BCUT2D eigenvalue weighted by molar-refractivity contribution is 0.481. The van der Waals surface area contributed by atoms with Crippen molar-refractivity contribution in [2.45, 2.75) is 33.6 Å². The molecule has 1 N–H and O–H groups in total. The molecule has 0 amide bonds. The molecule has 2 rings (SSSR count). The van der Waals surface area contributed by atoms with Gasteiger partial charge in [-0.1, -0.05) is 19.4 Å². The van der Waals surface area contributed by atoms with Crippen molar-refractivity contribution in [2.75, 3.05) is 0 Å². The van der Waals surface area contributed by atoms with Crippen LogP contribution in [0.15, 0.2) is 38.9 Å². The van der Waals surface area contributed by atoms with Crippen LogP contribution < -0.4 is 0 Å². The maximum absolute atomic E-state index is 9.79. The predicted molar refractivity (Wildman–Crippen MR) is 78.1 cm³/mol. The topological polar surface area (TPSA) is 58.1 Å². The average molecular weight is 258 g/mol. The molecule has 4 nitrogen and oxygen atoms in total. The van der Waals surface area contributed by atoms with Crippen molar-refractivity contribution in [3.63, 3.8) is 0 Å². The summed E-state index contributed by atoms with van der Waals surface area (Å²) in [5.41, 5.74) is 2.36. The second-order valence-electron chi connectivity index (χ2n) is 4.64. The minimum absolute atomic E-state index is 0.221. The molecule has 1 aromatic carbocycles. The third kappa shape index (κ3) is 3.02. The van der Waals surface area contributed by atoms with E-state index in [0.717, 1.165) is 24.3 Å². The molecule has 4 heteroatoms. The summed E-state index contributed by atoms with van der Waals surface area (Å²) >= 11 is 0. The smallest absolute Gasteiger partial charge is 0.151 e. The van der Waals surface area contributed by atoms with Gasteiger partial charge in [-0.25, -0.2) is 0 Å². The maximum atomic E-state index is 9.79. The van der Waals surface area contributed by atoms with Gasteiger partial charge in [0.05, 0.1) is 5.39 Å². The zero-order chi connectivity index (χ0) is 13.8. The summed E-state index contributed by atoms with van der Waals surface area (Å²) in [6.45, 7) is 5.88. The highest BCUT2D eigenvalue weighted by atomic mass is 16.3. The van der Waals surface area contributed by atoms with Gasteiger partial charge in [0.15, 0.2) is 5.76 Å². The number of phenols is 1. The Balaban J connectivity index is 2.48. The molecule has 0 aliphatic carbocycles. The Morgan fingerprint density at radius 3 is 2.68 bits per heavy atom. The van der Waals surface area contributed by atoms with Gasteiger partial charge in [0.2, 0.25) is 0 Å². The van der Waals surface area contributed by atoms with Crippen LogP contribution in [-0.2, 0) is 0 Å². The van der Waals surface area contributed by atoms with Crippen LogP contribution in [0.2, 0.25) is 0 Å². The van der Waals surface area contributed by atoms with Crippen LogP contribution >= 0.6 is 0 Å². The van der Waals surface area contributed by atoms with Gasteiger partial charge in [-0.2, -0.15) is 10.2 Å². The Bertz CT molecular complexity index is 635. The molecular weight excluding hydrogens is 240 g/mol. The lowest BCUT2D eigenvalue weighted by Crippen LogP contribution is -1.98. The number of nitrogens with zero attached hydrogens (tertiary/aromatic N) is 2. The Hall–Kier alpha value is -2.10. The first-order chi connectivity index (χ1) is 9.11. The normalized spacial score (nSPS) is 11.8. The number of benzene rings is 1. The Kier molecular flexibility index (Phi) is 4.00. The molecular formula is C15H18N2O2. The van der Waals surface area contributed by atoms with E-state index in [0.29, 0.717) is 16.7 Å². The molecule has 0 saturated carbocycles. The highest BCUT2D eigenvalue weighted by Crippen LogP contribution is 2.28. The molecule has 19 heavy (non-hydrogen) atoms. The Morgan fingerprint density at radius 2 is 2.05 bits per heavy atom. The second kappa shape index (κ2) is 5.69. The van der Waals surface area contributed by atoms with E-state index in [1.54, 1.807) is 12.1 Å². The monoisotopic (exact) mass is 258 g/mol. The fourth-order valence-corrected chi connectivity index (χ4v) is 1.81. The fraction of sp³-hybridized carbons (Fsp3) is 0.333. The van der Waals surface area contributed by atoms with Crippen molar-refractivity contribution in [2.24, 2.45) is 10.2 Å². The van der Waals surface area contributed by atoms with E-state index in [9.17, 15) is 5.11 Å². The molecule has 0 bridgehead atoms. The van der Waals surface area contributed by atoms with E-state index in [1.165, 1.54) is 0 Å². The van der Waals surface area contributed by atoms with Crippen LogP contribution in [0.5, 0.6) is 5.75 Å². The number of fused-ring (bicyclic) bond motifs is 1. The van der Waals surface area contributed by atoms with E-state index in [-0.39, 0.29) is 5.75 Å². The van der Waals surface area contributed by atoms with Gasteiger partial charge < -0.3 is 9.52 Å². The molecule has 0 aliphatic heterocycles. The van der Waals surface area contributed by atoms with Crippen LogP contribution in [-0.4, -0.2) is 16.5 Å². The quantitative estimate of drug-likeness (QED) is 0.662. The molecule has 1 heterocycles. The van der Waals surface area contributed by atoms with Crippen molar-refractivity contribution in [3.8, 4) is 5.75 Å². The summed E-state index contributed by atoms with van der Waals surface area (Å²) in [5, 5.41) is 18.8. The third-order valence-corrected chi connectivity index (χ3v) is 2.68. The molecule has 0 radical (unpaired) electrons. The summed E-state index contributed by atoms with van der Waals surface area (Å²) in [5.74, 6) is 0.891. The molecule has 0 unspecified atom stereocenters. The third-order valence-electron chi connectivity index (χ3n) is 2.68. The number of hydrogen-bond acceptors (Lipinski definition) is 4. The molecule has 2 aromatic rings. The SMILES string of the molecule is CCC/C(=N\N=C(C)C)c1cc2c(O)cccc2o1. The van der Waals surface area contributed by atoms with E-state index >= 15 is 0 Å². The average Bonchev–Trinajstić information content (AvgIpc) is 2.79. The first-order valence-corrected chi connectivity index (χ1v) is 6.41. The van der Waals surface area contributed by atoms with Gasteiger partial charge >= 0.3 is 0 Å². The molecule has 0 spiro atoms. The van der Waals surface area contributed by atoms with Gasteiger partial charge in [-0.05, 0) is 38.5 Å². The van der Waals surface area contributed by atoms with Gasteiger partial charge in [-0.3, -0.25) is 0 Å². The highest BCUT2D eigenvalue weighted by Gasteiger charge is 2.12.